The Bertz CT molecular complexity index is 672. The molecule has 1 N–H and O–H groups in total. The van der Waals surface area contributed by atoms with Crippen molar-refractivity contribution in [3.05, 3.63) is 29.8 Å². The maximum absolute atomic E-state index is 13.0. The molecule has 3 aliphatic rings. The minimum atomic E-state index is -0.273. The minimum Gasteiger partial charge on any atom is -0.494 e. The average molecular weight is 388 g/mol. The van der Waals surface area contributed by atoms with E-state index in [4.69, 9.17) is 4.74 Å². The van der Waals surface area contributed by atoms with Gasteiger partial charge < -0.3 is 19.6 Å². The smallest absolute Gasteiger partial charge is 0.253 e. The Balaban J connectivity index is 1.38. The van der Waals surface area contributed by atoms with E-state index >= 15 is 0 Å². The molecule has 1 aromatic carbocycles. The van der Waals surface area contributed by atoms with Crippen molar-refractivity contribution >= 4 is 5.91 Å². The predicted molar refractivity (Wildman–Crippen MR) is 109 cm³/mol. The summed E-state index contributed by atoms with van der Waals surface area (Å²) in [5.41, 5.74) is 0.721. The molecule has 2 aliphatic heterocycles. The lowest BCUT2D eigenvalue weighted by Gasteiger charge is -2.44. The van der Waals surface area contributed by atoms with Gasteiger partial charge in [0, 0.05) is 50.9 Å². The van der Waals surface area contributed by atoms with E-state index in [-0.39, 0.29) is 18.1 Å². The molecule has 154 valence electrons. The van der Waals surface area contributed by atoms with Crippen molar-refractivity contribution in [1.29, 1.82) is 0 Å². The highest BCUT2D eigenvalue weighted by Gasteiger charge is 2.44. The van der Waals surface area contributed by atoms with Gasteiger partial charge in [0.1, 0.15) is 5.75 Å². The van der Waals surface area contributed by atoms with Gasteiger partial charge >= 0.3 is 0 Å². The van der Waals surface area contributed by atoms with Crippen LogP contribution >= 0.6 is 0 Å². The first kappa shape index (κ1) is 19.7. The second-order valence-corrected chi connectivity index (χ2v) is 8.63. The number of ether oxygens (including phenoxy) is 1. The molecule has 0 spiro atoms. The van der Waals surface area contributed by atoms with Crippen LogP contribution in [0.5, 0.6) is 5.75 Å². The Morgan fingerprint density at radius 1 is 1.07 bits per heavy atom. The topological polar surface area (TPSA) is 56.2 Å². The fourth-order valence-corrected chi connectivity index (χ4v) is 5.16. The van der Waals surface area contributed by atoms with Crippen LogP contribution in [-0.4, -0.2) is 90.8 Å². The number of benzene rings is 1. The van der Waals surface area contributed by atoms with E-state index < -0.39 is 0 Å². The standard InChI is InChI=1S/C22H33N3O3/c1-3-28-19-6-4-16(5-7-19)22(27)25-14-17-12-20(21(26)13-18(17)15-25)24-10-8-23(2)9-11-24/h4-7,17-18,20-21,26H,3,8-15H2,1-2H3/t17-,18+,20-,21-/m1/s1. The van der Waals surface area contributed by atoms with Gasteiger partial charge in [-0.1, -0.05) is 0 Å². The number of carbonyl (C=O) groups is 1. The molecule has 0 aromatic heterocycles. The first-order valence-electron chi connectivity index (χ1n) is 10.7. The van der Waals surface area contributed by atoms with Gasteiger partial charge in [0.2, 0.25) is 0 Å². The molecule has 0 radical (unpaired) electrons. The van der Waals surface area contributed by atoms with Gasteiger partial charge in [-0.25, -0.2) is 0 Å². The van der Waals surface area contributed by atoms with E-state index in [1.54, 1.807) is 0 Å². The lowest BCUT2D eigenvalue weighted by Crippen LogP contribution is -2.55. The third kappa shape index (κ3) is 4.04. The van der Waals surface area contributed by atoms with Crippen LogP contribution in [0.15, 0.2) is 24.3 Å². The van der Waals surface area contributed by atoms with Crippen molar-refractivity contribution in [2.24, 2.45) is 11.8 Å². The first-order chi connectivity index (χ1) is 13.5. The highest BCUT2D eigenvalue weighted by atomic mass is 16.5. The molecule has 2 saturated heterocycles. The third-order valence-electron chi connectivity index (χ3n) is 6.82. The molecule has 1 aliphatic carbocycles. The molecular formula is C22H33N3O3. The van der Waals surface area contributed by atoms with E-state index in [1.807, 2.05) is 36.1 Å². The van der Waals surface area contributed by atoms with Crippen LogP contribution in [0.2, 0.25) is 0 Å². The van der Waals surface area contributed by atoms with E-state index in [2.05, 4.69) is 16.8 Å². The number of likely N-dealkylation sites (N-methyl/N-ethyl adjacent to an activating group) is 1. The normalized spacial score (nSPS) is 31.6. The van der Waals surface area contributed by atoms with Gasteiger partial charge in [0.25, 0.3) is 5.91 Å². The van der Waals surface area contributed by atoms with Gasteiger partial charge in [-0.3, -0.25) is 9.69 Å². The van der Waals surface area contributed by atoms with Crippen LogP contribution in [0.4, 0.5) is 0 Å². The number of nitrogens with zero attached hydrogens (tertiary/aromatic N) is 3. The Morgan fingerprint density at radius 3 is 2.36 bits per heavy atom. The molecule has 4 atom stereocenters. The first-order valence-corrected chi connectivity index (χ1v) is 10.7. The van der Waals surface area contributed by atoms with Crippen LogP contribution in [0, 0.1) is 11.8 Å². The summed E-state index contributed by atoms with van der Waals surface area (Å²) in [5.74, 6) is 1.82. The second kappa shape index (κ2) is 8.39. The number of amides is 1. The average Bonchev–Trinajstić information content (AvgIpc) is 3.11. The summed E-state index contributed by atoms with van der Waals surface area (Å²) in [6, 6.07) is 7.70. The van der Waals surface area contributed by atoms with Crippen LogP contribution in [-0.2, 0) is 0 Å². The molecule has 28 heavy (non-hydrogen) atoms. The van der Waals surface area contributed by atoms with Crippen LogP contribution in [0.25, 0.3) is 0 Å². The van der Waals surface area contributed by atoms with Gasteiger partial charge in [0.15, 0.2) is 0 Å². The van der Waals surface area contributed by atoms with Gasteiger partial charge in [-0.05, 0) is 62.9 Å². The number of carbonyl (C=O) groups excluding carboxylic acids is 1. The van der Waals surface area contributed by atoms with Crippen molar-refractivity contribution in [3.8, 4) is 5.75 Å². The molecule has 1 aromatic rings. The van der Waals surface area contributed by atoms with E-state index in [0.29, 0.717) is 18.4 Å². The Labute approximate surface area is 168 Å². The number of aliphatic hydroxyl groups is 1. The molecule has 1 saturated carbocycles. The fourth-order valence-electron chi connectivity index (χ4n) is 5.16. The van der Waals surface area contributed by atoms with E-state index in [0.717, 1.165) is 63.4 Å². The maximum Gasteiger partial charge on any atom is 0.253 e. The van der Waals surface area contributed by atoms with Crippen LogP contribution in [0.3, 0.4) is 0 Å². The molecule has 6 nitrogen and oxygen atoms in total. The lowest BCUT2D eigenvalue weighted by atomic mass is 9.77. The zero-order valence-corrected chi connectivity index (χ0v) is 17.1. The van der Waals surface area contributed by atoms with Crippen LogP contribution in [0.1, 0.15) is 30.1 Å². The SMILES string of the molecule is CCOc1ccc(C(=O)N2C[C@H]3C[C@@H](N4CCN(C)CC4)[C@H](O)C[C@H]3C2)cc1. The Morgan fingerprint density at radius 2 is 1.71 bits per heavy atom. The Kier molecular flexibility index (Phi) is 5.90. The number of hydrogen-bond donors (Lipinski definition) is 1. The number of aliphatic hydroxyl groups excluding tert-OH is 1. The number of fused-ring (bicyclic) bond motifs is 1. The lowest BCUT2D eigenvalue weighted by molar-refractivity contribution is -0.0249. The summed E-state index contributed by atoms with van der Waals surface area (Å²) < 4.78 is 5.47. The predicted octanol–water partition coefficient (Wildman–Crippen LogP) is 1.54. The quantitative estimate of drug-likeness (QED) is 0.850. The molecular weight excluding hydrogens is 354 g/mol. The summed E-state index contributed by atoms with van der Waals surface area (Å²) in [6.07, 6.45) is 1.54. The summed E-state index contributed by atoms with van der Waals surface area (Å²) in [5, 5.41) is 10.8. The largest absolute Gasteiger partial charge is 0.494 e. The number of hydrogen-bond acceptors (Lipinski definition) is 5. The maximum atomic E-state index is 13.0. The van der Waals surface area contributed by atoms with Crippen molar-refractivity contribution in [3.63, 3.8) is 0 Å². The zero-order valence-electron chi connectivity index (χ0n) is 17.1. The summed E-state index contributed by atoms with van der Waals surface area (Å²) in [4.78, 5) is 19.8. The van der Waals surface area contributed by atoms with Crippen LogP contribution < -0.4 is 4.74 Å². The van der Waals surface area contributed by atoms with Crippen molar-refractivity contribution < 1.29 is 14.6 Å². The van der Waals surface area contributed by atoms with E-state index in [1.165, 1.54) is 0 Å². The Hall–Kier alpha value is -1.63. The number of piperazine rings is 1. The molecule has 1 amide bonds. The molecule has 6 heteroatoms. The summed E-state index contributed by atoms with van der Waals surface area (Å²) >= 11 is 0. The summed E-state index contributed by atoms with van der Waals surface area (Å²) in [7, 11) is 2.16. The summed E-state index contributed by atoms with van der Waals surface area (Å²) in [6.45, 7) is 8.36. The van der Waals surface area contributed by atoms with E-state index in [9.17, 15) is 9.90 Å². The number of rotatable bonds is 4. The van der Waals surface area contributed by atoms with Crippen molar-refractivity contribution in [2.75, 3.05) is 52.9 Å². The minimum absolute atomic E-state index is 0.100. The fraction of sp³-hybridized carbons (Fsp3) is 0.682. The van der Waals surface area contributed by atoms with Crippen molar-refractivity contribution in [2.45, 2.75) is 31.9 Å². The van der Waals surface area contributed by atoms with Gasteiger partial charge in [-0.15, -0.1) is 0 Å². The highest BCUT2D eigenvalue weighted by Crippen LogP contribution is 2.39. The molecule has 3 fully saturated rings. The zero-order chi connectivity index (χ0) is 19.7. The van der Waals surface area contributed by atoms with Gasteiger partial charge in [-0.2, -0.15) is 0 Å². The third-order valence-corrected chi connectivity index (χ3v) is 6.82. The molecule has 0 bridgehead atoms. The number of likely N-dealkylation sites (tertiary alicyclic amines) is 1. The van der Waals surface area contributed by atoms with Gasteiger partial charge in [0.05, 0.1) is 12.7 Å². The molecule has 0 unspecified atom stereocenters. The highest BCUT2D eigenvalue weighted by molar-refractivity contribution is 5.94. The molecule has 4 rings (SSSR count). The monoisotopic (exact) mass is 387 g/mol. The molecule has 2 heterocycles. The second-order valence-electron chi connectivity index (χ2n) is 8.63. The van der Waals surface area contributed by atoms with Crippen molar-refractivity contribution in [1.82, 2.24) is 14.7 Å².